The normalized spacial score (nSPS) is 10.4. The molecule has 4 rings (SSSR count). The molecule has 2 heterocycles. The number of nitrogens with zero attached hydrogens (tertiary/aromatic N) is 4. The smallest absolute Gasteiger partial charge is 0.308 e. The summed E-state index contributed by atoms with van der Waals surface area (Å²) >= 11 is 0. The van der Waals surface area contributed by atoms with Crippen LogP contribution in [-0.4, -0.2) is 31.6 Å². The second kappa shape index (κ2) is 7.44. The van der Waals surface area contributed by atoms with Crippen molar-refractivity contribution in [1.29, 1.82) is 0 Å². The second-order valence-corrected chi connectivity index (χ2v) is 5.68. The SMILES string of the molecule is O=C(Nc1cccc(-c2cccnc2)c1)Nc1ccccc1-c1nn[nH]n1. The fraction of sp³-hybridized carbons (Fsp3) is 0. The van der Waals surface area contributed by atoms with Gasteiger partial charge < -0.3 is 10.6 Å². The van der Waals surface area contributed by atoms with Gasteiger partial charge in [0.2, 0.25) is 5.82 Å². The van der Waals surface area contributed by atoms with Crippen LogP contribution in [0.1, 0.15) is 0 Å². The highest BCUT2D eigenvalue weighted by molar-refractivity contribution is 6.02. The lowest BCUT2D eigenvalue weighted by atomic mass is 10.1. The minimum atomic E-state index is -0.366. The van der Waals surface area contributed by atoms with Gasteiger partial charge in [0.1, 0.15) is 0 Å². The lowest BCUT2D eigenvalue weighted by Crippen LogP contribution is -2.19. The molecule has 132 valence electrons. The average molecular weight is 357 g/mol. The molecular weight excluding hydrogens is 342 g/mol. The minimum Gasteiger partial charge on any atom is -0.308 e. The molecule has 0 spiro atoms. The number of aromatic amines is 1. The second-order valence-electron chi connectivity index (χ2n) is 5.68. The van der Waals surface area contributed by atoms with Crippen LogP contribution in [0.25, 0.3) is 22.5 Å². The molecule has 0 fully saturated rings. The van der Waals surface area contributed by atoms with E-state index in [-0.39, 0.29) is 6.03 Å². The van der Waals surface area contributed by atoms with Gasteiger partial charge in [-0.15, -0.1) is 10.2 Å². The molecule has 0 bridgehead atoms. The van der Waals surface area contributed by atoms with Crippen LogP contribution in [0.4, 0.5) is 16.2 Å². The summed E-state index contributed by atoms with van der Waals surface area (Å²) < 4.78 is 0. The van der Waals surface area contributed by atoms with E-state index in [2.05, 4.69) is 36.2 Å². The van der Waals surface area contributed by atoms with E-state index < -0.39 is 0 Å². The van der Waals surface area contributed by atoms with Crippen LogP contribution in [0.3, 0.4) is 0 Å². The maximum Gasteiger partial charge on any atom is 0.323 e. The van der Waals surface area contributed by atoms with Gasteiger partial charge in [0.05, 0.1) is 5.69 Å². The van der Waals surface area contributed by atoms with Crippen LogP contribution < -0.4 is 10.6 Å². The first-order valence-corrected chi connectivity index (χ1v) is 8.21. The van der Waals surface area contributed by atoms with E-state index in [0.717, 1.165) is 11.1 Å². The standard InChI is InChI=1S/C19H15N7O/c27-19(22-17-9-2-1-8-16(17)18-23-25-26-24-18)21-15-7-3-5-13(11-15)14-6-4-10-20-12-14/h1-12H,(H2,21,22,27)(H,23,24,25,26). The molecular formula is C19H15N7O. The number of carbonyl (C=O) groups excluding carboxylic acids is 1. The lowest BCUT2D eigenvalue weighted by molar-refractivity contribution is 0.262. The summed E-state index contributed by atoms with van der Waals surface area (Å²) in [5, 5.41) is 19.5. The third kappa shape index (κ3) is 3.79. The van der Waals surface area contributed by atoms with Gasteiger partial charge in [-0.3, -0.25) is 4.98 Å². The molecule has 0 aliphatic carbocycles. The molecule has 0 unspecified atom stereocenters. The third-order valence-corrected chi connectivity index (χ3v) is 3.88. The number of carbonyl (C=O) groups is 1. The minimum absolute atomic E-state index is 0.366. The van der Waals surface area contributed by atoms with Crippen molar-refractivity contribution >= 4 is 17.4 Å². The van der Waals surface area contributed by atoms with Gasteiger partial charge in [0.25, 0.3) is 0 Å². The first kappa shape index (κ1) is 16.4. The number of amides is 2. The zero-order chi connectivity index (χ0) is 18.5. The molecule has 0 aliphatic heterocycles. The van der Waals surface area contributed by atoms with E-state index in [9.17, 15) is 4.79 Å². The quantitative estimate of drug-likeness (QED) is 0.517. The maximum absolute atomic E-state index is 12.5. The van der Waals surface area contributed by atoms with E-state index in [0.29, 0.717) is 22.8 Å². The lowest BCUT2D eigenvalue weighted by Gasteiger charge is -2.11. The molecule has 8 heteroatoms. The van der Waals surface area contributed by atoms with E-state index in [4.69, 9.17) is 0 Å². The number of rotatable bonds is 4. The van der Waals surface area contributed by atoms with Crippen LogP contribution >= 0.6 is 0 Å². The molecule has 2 aromatic heterocycles. The molecule has 0 atom stereocenters. The molecule has 3 N–H and O–H groups in total. The first-order valence-electron chi connectivity index (χ1n) is 8.21. The number of H-pyrrole nitrogens is 1. The van der Waals surface area contributed by atoms with Gasteiger partial charge in [0, 0.05) is 29.2 Å². The van der Waals surface area contributed by atoms with Gasteiger partial charge in [-0.1, -0.05) is 30.3 Å². The number of para-hydroxylation sites is 1. The number of nitrogens with one attached hydrogen (secondary N) is 3. The Kier molecular flexibility index (Phi) is 4.52. The Balaban J connectivity index is 1.51. The Hall–Kier alpha value is -4.07. The molecule has 0 radical (unpaired) electrons. The summed E-state index contributed by atoms with van der Waals surface area (Å²) in [5.74, 6) is 0.407. The molecule has 0 saturated carbocycles. The van der Waals surface area contributed by atoms with E-state index >= 15 is 0 Å². The van der Waals surface area contributed by atoms with E-state index in [1.807, 2.05) is 54.6 Å². The molecule has 0 saturated heterocycles. The predicted octanol–water partition coefficient (Wildman–Crippen LogP) is 3.57. The third-order valence-electron chi connectivity index (χ3n) is 3.88. The van der Waals surface area contributed by atoms with Gasteiger partial charge in [0.15, 0.2) is 0 Å². The van der Waals surface area contributed by atoms with Crippen LogP contribution in [0.5, 0.6) is 0 Å². The first-order chi connectivity index (χ1) is 13.3. The Labute approximate surface area is 154 Å². The molecule has 4 aromatic rings. The summed E-state index contributed by atoms with van der Waals surface area (Å²) in [5.41, 5.74) is 3.87. The Morgan fingerprint density at radius 3 is 2.63 bits per heavy atom. The fourth-order valence-electron chi connectivity index (χ4n) is 2.66. The zero-order valence-electron chi connectivity index (χ0n) is 14.1. The molecule has 27 heavy (non-hydrogen) atoms. The van der Waals surface area contributed by atoms with Crippen molar-refractivity contribution in [2.24, 2.45) is 0 Å². The predicted molar refractivity (Wildman–Crippen MR) is 102 cm³/mol. The number of benzene rings is 2. The van der Waals surface area contributed by atoms with Crippen LogP contribution in [0.15, 0.2) is 73.1 Å². The number of hydrogen-bond acceptors (Lipinski definition) is 5. The largest absolute Gasteiger partial charge is 0.323 e. The number of hydrogen-bond donors (Lipinski definition) is 3. The summed E-state index contributed by atoms with van der Waals surface area (Å²) in [4.78, 5) is 16.6. The average Bonchev–Trinajstić information content (AvgIpc) is 3.24. The van der Waals surface area contributed by atoms with E-state index in [1.165, 1.54) is 0 Å². The highest BCUT2D eigenvalue weighted by atomic mass is 16.2. The Morgan fingerprint density at radius 1 is 0.926 bits per heavy atom. The number of anilines is 2. The van der Waals surface area contributed by atoms with Crippen molar-refractivity contribution in [3.63, 3.8) is 0 Å². The van der Waals surface area contributed by atoms with Crippen molar-refractivity contribution in [3.8, 4) is 22.5 Å². The summed E-state index contributed by atoms with van der Waals surface area (Å²) in [7, 11) is 0. The summed E-state index contributed by atoms with van der Waals surface area (Å²) in [6, 6.07) is 18.3. The molecule has 2 amide bonds. The number of pyridine rings is 1. The summed E-state index contributed by atoms with van der Waals surface area (Å²) in [6.07, 6.45) is 3.50. The molecule has 8 nitrogen and oxygen atoms in total. The maximum atomic E-state index is 12.5. The van der Waals surface area contributed by atoms with E-state index in [1.54, 1.807) is 18.5 Å². The topological polar surface area (TPSA) is 108 Å². The zero-order valence-corrected chi connectivity index (χ0v) is 14.1. The number of aromatic nitrogens is 5. The van der Waals surface area contributed by atoms with Gasteiger partial charge in [-0.2, -0.15) is 5.21 Å². The highest BCUT2D eigenvalue weighted by Crippen LogP contribution is 2.25. The van der Waals surface area contributed by atoms with Crippen LogP contribution in [-0.2, 0) is 0 Å². The van der Waals surface area contributed by atoms with Gasteiger partial charge in [-0.25, -0.2) is 4.79 Å². The summed E-state index contributed by atoms with van der Waals surface area (Å²) in [6.45, 7) is 0. The molecule has 2 aromatic carbocycles. The Bertz CT molecular complexity index is 1050. The van der Waals surface area contributed by atoms with Crippen molar-refractivity contribution in [3.05, 3.63) is 73.1 Å². The fourth-order valence-corrected chi connectivity index (χ4v) is 2.66. The Morgan fingerprint density at radius 2 is 1.81 bits per heavy atom. The van der Waals surface area contributed by atoms with Gasteiger partial charge in [-0.05, 0) is 41.1 Å². The number of tetrazole rings is 1. The van der Waals surface area contributed by atoms with Crippen LogP contribution in [0, 0.1) is 0 Å². The number of urea groups is 1. The monoisotopic (exact) mass is 357 g/mol. The van der Waals surface area contributed by atoms with Gasteiger partial charge >= 0.3 is 6.03 Å². The van der Waals surface area contributed by atoms with Crippen LogP contribution in [0.2, 0.25) is 0 Å². The van der Waals surface area contributed by atoms with Crippen molar-refractivity contribution in [1.82, 2.24) is 25.6 Å². The highest BCUT2D eigenvalue weighted by Gasteiger charge is 2.11. The van der Waals surface area contributed by atoms with Crippen molar-refractivity contribution < 1.29 is 4.79 Å². The van der Waals surface area contributed by atoms with Crippen molar-refractivity contribution in [2.45, 2.75) is 0 Å². The van der Waals surface area contributed by atoms with Crippen molar-refractivity contribution in [2.75, 3.05) is 10.6 Å². The molecule has 0 aliphatic rings.